The first-order valence-corrected chi connectivity index (χ1v) is 12.9. The number of carboxylic acids is 1. The van der Waals surface area contributed by atoms with Gasteiger partial charge in [-0.3, -0.25) is 9.59 Å². The average molecular weight is 504 g/mol. The van der Waals surface area contributed by atoms with E-state index in [1.165, 1.54) is 0 Å². The van der Waals surface area contributed by atoms with Gasteiger partial charge in [0.05, 0.1) is 11.2 Å². The number of likely N-dealkylation sites (tertiary alicyclic amines) is 1. The second-order valence-electron chi connectivity index (χ2n) is 9.86. The van der Waals surface area contributed by atoms with Crippen molar-refractivity contribution in [2.24, 2.45) is 0 Å². The summed E-state index contributed by atoms with van der Waals surface area (Å²) in [6.07, 6.45) is 2.80. The molecule has 1 saturated heterocycles. The molecule has 1 atom stereocenters. The molecule has 38 heavy (non-hydrogen) atoms. The number of hydrogen-bond acceptors (Lipinski definition) is 3. The van der Waals surface area contributed by atoms with Gasteiger partial charge in [0.15, 0.2) is 0 Å². The first-order valence-electron chi connectivity index (χ1n) is 12.9. The normalized spacial score (nSPS) is 16.9. The predicted molar refractivity (Wildman–Crippen MR) is 148 cm³/mol. The van der Waals surface area contributed by atoms with E-state index in [1.54, 1.807) is 4.90 Å². The highest BCUT2D eigenvalue weighted by Crippen LogP contribution is 2.37. The Balaban J connectivity index is 1.43. The second-order valence-corrected chi connectivity index (χ2v) is 9.86. The molecule has 6 heteroatoms. The van der Waals surface area contributed by atoms with Crippen LogP contribution in [0.15, 0.2) is 84.9 Å². The van der Waals surface area contributed by atoms with E-state index in [0.717, 1.165) is 39.7 Å². The monoisotopic (exact) mass is 503 g/mol. The third kappa shape index (κ3) is 5.14. The lowest BCUT2D eigenvalue weighted by Crippen LogP contribution is -2.32. The Hall–Kier alpha value is -4.50. The first kappa shape index (κ1) is 25.2. The van der Waals surface area contributed by atoms with E-state index in [2.05, 4.69) is 10.9 Å². The standard InChI is InChI=1S/C32H29N3O3/c1-33-32(27-13-6-3-7-14-27)18-19-35(22-32)31(38)25-16-17-28-26(21-25)20-24(12-8-9-15-29(36)37)30(34-28)23-10-4-2-5-11-23/h2-7,10-11,13-14,16-17,20-21H,8-9,12,15,18-19,22H2,(H,36,37). The number of aromatic nitrogens is 1. The smallest absolute Gasteiger partial charge is 0.303 e. The van der Waals surface area contributed by atoms with Crippen molar-refractivity contribution in [2.75, 3.05) is 13.1 Å². The zero-order valence-electron chi connectivity index (χ0n) is 21.1. The zero-order chi connectivity index (χ0) is 26.5. The van der Waals surface area contributed by atoms with Gasteiger partial charge in [0.25, 0.3) is 11.4 Å². The van der Waals surface area contributed by atoms with Gasteiger partial charge in [-0.25, -0.2) is 11.6 Å². The predicted octanol–water partition coefficient (Wildman–Crippen LogP) is 6.36. The second kappa shape index (κ2) is 10.9. The Morgan fingerprint density at radius 1 is 0.974 bits per heavy atom. The lowest BCUT2D eigenvalue weighted by molar-refractivity contribution is -0.137. The molecule has 2 heterocycles. The van der Waals surface area contributed by atoms with E-state index in [-0.39, 0.29) is 12.3 Å². The van der Waals surface area contributed by atoms with E-state index >= 15 is 0 Å². The number of benzene rings is 3. The lowest BCUT2D eigenvalue weighted by Gasteiger charge is -2.19. The van der Waals surface area contributed by atoms with Crippen LogP contribution in [-0.2, 0) is 16.8 Å². The first-order chi connectivity index (χ1) is 18.5. The molecule has 6 nitrogen and oxygen atoms in total. The number of rotatable bonds is 8. The molecule has 1 fully saturated rings. The van der Waals surface area contributed by atoms with E-state index in [4.69, 9.17) is 16.7 Å². The fourth-order valence-corrected chi connectivity index (χ4v) is 5.27. The Kier molecular flexibility index (Phi) is 7.19. The molecule has 0 aliphatic carbocycles. The van der Waals surface area contributed by atoms with Gasteiger partial charge >= 0.3 is 5.97 Å². The number of carboxylic acid groups (broad SMARTS) is 1. The van der Waals surface area contributed by atoms with Crippen molar-refractivity contribution in [3.8, 4) is 11.3 Å². The minimum atomic E-state index is -0.788. The molecule has 1 aliphatic heterocycles. The van der Waals surface area contributed by atoms with Crippen molar-refractivity contribution >= 4 is 22.8 Å². The number of amides is 1. The maximum atomic E-state index is 13.5. The highest BCUT2D eigenvalue weighted by molar-refractivity contribution is 5.98. The summed E-state index contributed by atoms with van der Waals surface area (Å²) in [5, 5.41) is 9.88. The fraction of sp³-hybridized carbons (Fsp3) is 0.250. The van der Waals surface area contributed by atoms with Gasteiger partial charge in [-0.15, -0.1) is 0 Å². The molecule has 0 bridgehead atoms. The number of aryl methyl sites for hydroxylation is 1. The molecule has 0 radical (unpaired) electrons. The Labute approximate surface area is 222 Å². The summed E-state index contributed by atoms with van der Waals surface area (Å²) in [7, 11) is 0. The molecule has 4 aromatic rings. The van der Waals surface area contributed by atoms with Gasteiger partial charge in [0, 0.05) is 41.5 Å². The zero-order valence-corrected chi connectivity index (χ0v) is 21.1. The van der Waals surface area contributed by atoms with Crippen molar-refractivity contribution in [3.63, 3.8) is 0 Å². The van der Waals surface area contributed by atoms with Crippen LogP contribution in [0, 0.1) is 6.57 Å². The van der Waals surface area contributed by atoms with Crippen LogP contribution in [0.3, 0.4) is 0 Å². The lowest BCUT2D eigenvalue weighted by atomic mass is 9.90. The Morgan fingerprint density at radius 3 is 2.42 bits per heavy atom. The van der Waals surface area contributed by atoms with Gasteiger partial charge in [0.1, 0.15) is 6.54 Å². The summed E-state index contributed by atoms with van der Waals surface area (Å²) in [6, 6.07) is 27.4. The summed E-state index contributed by atoms with van der Waals surface area (Å²) in [4.78, 5) is 35.2. The van der Waals surface area contributed by atoms with Crippen molar-refractivity contribution in [1.29, 1.82) is 0 Å². The van der Waals surface area contributed by atoms with Crippen LogP contribution in [-0.4, -0.2) is 40.0 Å². The van der Waals surface area contributed by atoms with Crippen molar-refractivity contribution < 1.29 is 14.7 Å². The van der Waals surface area contributed by atoms with Crippen LogP contribution in [0.5, 0.6) is 0 Å². The highest BCUT2D eigenvalue weighted by atomic mass is 16.4. The SMILES string of the molecule is [C-]#[N+]C1(c2ccccc2)CCN(C(=O)c2ccc3nc(-c4ccccc4)c(CCCCC(=O)O)cc3c2)C1. The number of unbranched alkanes of at least 4 members (excludes halogenated alkanes) is 1. The molecule has 3 aromatic carbocycles. The van der Waals surface area contributed by atoms with Gasteiger partial charge in [-0.05, 0) is 49.1 Å². The van der Waals surface area contributed by atoms with Gasteiger partial charge < -0.3 is 14.9 Å². The molecule has 190 valence electrons. The van der Waals surface area contributed by atoms with E-state index in [1.807, 2.05) is 78.9 Å². The van der Waals surface area contributed by atoms with Gasteiger partial charge in [-0.2, -0.15) is 0 Å². The number of aliphatic carboxylic acids is 1. The van der Waals surface area contributed by atoms with Crippen molar-refractivity contribution in [1.82, 2.24) is 9.88 Å². The Morgan fingerprint density at radius 2 is 1.71 bits per heavy atom. The number of nitrogens with zero attached hydrogens (tertiary/aromatic N) is 3. The van der Waals surface area contributed by atoms with Gasteiger partial charge in [0.2, 0.25) is 0 Å². The summed E-state index contributed by atoms with van der Waals surface area (Å²) >= 11 is 0. The molecule has 5 rings (SSSR count). The Bertz CT molecular complexity index is 1510. The van der Waals surface area contributed by atoms with Crippen LogP contribution in [0.4, 0.5) is 0 Å². The molecule has 0 spiro atoms. The largest absolute Gasteiger partial charge is 0.481 e. The average Bonchev–Trinajstić information content (AvgIpc) is 3.41. The molecule has 1 aliphatic rings. The molecule has 1 amide bonds. The third-order valence-corrected chi connectivity index (χ3v) is 7.33. The minimum Gasteiger partial charge on any atom is -0.481 e. The van der Waals surface area contributed by atoms with Crippen LogP contribution >= 0.6 is 0 Å². The van der Waals surface area contributed by atoms with E-state index in [9.17, 15) is 9.59 Å². The van der Waals surface area contributed by atoms with Crippen LogP contribution in [0.2, 0.25) is 0 Å². The molecule has 1 N–H and O–H groups in total. The number of hydrogen-bond donors (Lipinski definition) is 1. The van der Waals surface area contributed by atoms with Crippen molar-refractivity contribution in [2.45, 2.75) is 37.6 Å². The molecule has 1 unspecified atom stereocenters. The topological polar surface area (TPSA) is 74.9 Å². The maximum absolute atomic E-state index is 13.5. The molecular weight excluding hydrogens is 474 g/mol. The third-order valence-electron chi connectivity index (χ3n) is 7.33. The van der Waals surface area contributed by atoms with Crippen LogP contribution < -0.4 is 0 Å². The van der Waals surface area contributed by atoms with Gasteiger partial charge in [-0.1, -0.05) is 60.7 Å². The summed E-state index contributed by atoms with van der Waals surface area (Å²) in [5.41, 5.74) is 4.56. The fourth-order valence-electron chi connectivity index (χ4n) is 5.27. The summed E-state index contributed by atoms with van der Waals surface area (Å²) < 4.78 is 0. The minimum absolute atomic E-state index is 0.0801. The number of carbonyl (C=O) groups excluding carboxylic acids is 1. The quantitative estimate of drug-likeness (QED) is 0.224. The van der Waals surface area contributed by atoms with E-state index in [0.29, 0.717) is 37.9 Å². The highest BCUT2D eigenvalue weighted by Gasteiger charge is 2.47. The number of fused-ring (bicyclic) bond motifs is 1. The number of pyridine rings is 1. The van der Waals surface area contributed by atoms with Crippen LogP contribution in [0.25, 0.3) is 27.0 Å². The van der Waals surface area contributed by atoms with Crippen molar-refractivity contribution in [3.05, 3.63) is 113 Å². The summed E-state index contributed by atoms with van der Waals surface area (Å²) in [6.45, 7) is 8.79. The molecule has 1 aromatic heterocycles. The van der Waals surface area contributed by atoms with Crippen LogP contribution in [0.1, 0.15) is 47.2 Å². The maximum Gasteiger partial charge on any atom is 0.303 e. The molecule has 0 saturated carbocycles. The summed E-state index contributed by atoms with van der Waals surface area (Å²) in [5.74, 6) is -0.868. The number of carbonyl (C=O) groups is 2. The molecular formula is C32H29N3O3. The van der Waals surface area contributed by atoms with E-state index < -0.39 is 11.5 Å².